The Morgan fingerprint density at radius 3 is 2.34 bits per heavy atom. The number of allylic oxidation sites excluding steroid dienone is 9. The van der Waals surface area contributed by atoms with Crippen molar-refractivity contribution in [2.75, 3.05) is 18.5 Å². The molecule has 0 unspecified atom stereocenters. The molecule has 0 aromatic heterocycles. The maximum atomic E-state index is 4.66. The molecule has 0 saturated heterocycles. The van der Waals surface area contributed by atoms with Gasteiger partial charge in [0.15, 0.2) is 0 Å². The summed E-state index contributed by atoms with van der Waals surface area (Å²) in [5.41, 5.74) is 8.18. The van der Waals surface area contributed by atoms with Gasteiger partial charge in [0.05, 0.1) is 7.05 Å². The molecule has 1 heterocycles. The number of anilines is 1. The molecular weight excluding hydrogens is 496 g/mol. The van der Waals surface area contributed by atoms with Crippen LogP contribution >= 0.6 is 0 Å². The minimum absolute atomic E-state index is 0.000516. The van der Waals surface area contributed by atoms with E-state index in [2.05, 4.69) is 148 Å². The smallest absolute Gasteiger partial charge is 0.141 e. The third-order valence-electron chi connectivity index (χ3n) is 9.34. The molecule has 0 amide bonds. The van der Waals surface area contributed by atoms with Crippen molar-refractivity contribution >= 4 is 22.1 Å². The Morgan fingerprint density at radius 1 is 0.854 bits per heavy atom. The minimum atomic E-state index is 0.000516. The second kappa shape index (κ2) is 12.5. The van der Waals surface area contributed by atoms with Crippen molar-refractivity contribution in [2.24, 2.45) is 0 Å². The molecule has 1 saturated carbocycles. The molecule has 0 spiro atoms. The van der Waals surface area contributed by atoms with Gasteiger partial charge in [-0.25, -0.2) is 0 Å². The zero-order valence-corrected chi connectivity index (χ0v) is 25.5. The summed E-state index contributed by atoms with van der Waals surface area (Å²) in [6.45, 7) is 12.6. The van der Waals surface area contributed by atoms with Crippen LogP contribution in [-0.2, 0) is 10.8 Å². The second-order valence-electron chi connectivity index (χ2n) is 12.2. The molecular formula is C39H47N2+. The molecule has 1 aliphatic carbocycles. The highest BCUT2D eigenvalue weighted by molar-refractivity contribution is 5.92. The van der Waals surface area contributed by atoms with Crippen molar-refractivity contribution in [1.29, 1.82) is 0 Å². The van der Waals surface area contributed by atoms with Gasteiger partial charge in [-0.3, -0.25) is 0 Å². The van der Waals surface area contributed by atoms with E-state index in [1.165, 1.54) is 76.6 Å². The summed E-state index contributed by atoms with van der Waals surface area (Å²) in [5.74, 6) is 0. The molecule has 3 aromatic carbocycles. The summed E-state index contributed by atoms with van der Waals surface area (Å²) in [5, 5.41) is 4.96. The number of quaternary nitrogens is 1. The van der Waals surface area contributed by atoms with Gasteiger partial charge in [-0.15, -0.1) is 0 Å². The van der Waals surface area contributed by atoms with Crippen molar-refractivity contribution in [3.63, 3.8) is 0 Å². The van der Waals surface area contributed by atoms with Gasteiger partial charge in [0, 0.05) is 39.7 Å². The Morgan fingerprint density at radius 2 is 1.56 bits per heavy atom. The maximum absolute atomic E-state index is 4.66. The molecule has 0 bridgehead atoms. The number of para-hydroxylation sites is 1. The quantitative estimate of drug-likeness (QED) is 0.211. The summed E-state index contributed by atoms with van der Waals surface area (Å²) in [6.07, 6.45) is 22.6. The van der Waals surface area contributed by atoms with E-state index in [-0.39, 0.29) is 10.8 Å². The Balaban J connectivity index is 1.34. The van der Waals surface area contributed by atoms with Crippen LogP contribution in [0.3, 0.4) is 0 Å². The van der Waals surface area contributed by atoms with Crippen LogP contribution < -0.4 is 10.2 Å². The molecule has 41 heavy (non-hydrogen) atoms. The lowest BCUT2D eigenvalue weighted by Gasteiger charge is -2.39. The summed E-state index contributed by atoms with van der Waals surface area (Å²) in [4.78, 5) is 2.49. The number of benzene rings is 3. The van der Waals surface area contributed by atoms with Crippen LogP contribution in [0.2, 0.25) is 0 Å². The van der Waals surface area contributed by atoms with Crippen molar-refractivity contribution < 1.29 is 5.32 Å². The number of nitrogens with two attached hydrogens (primary N) is 1. The summed E-state index contributed by atoms with van der Waals surface area (Å²) >= 11 is 0. The van der Waals surface area contributed by atoms with E-state index in [4.69, 9.17) is 0 Å². The Hall–Kier alpha value is -3.62. The Labute approximate surface area is 247 Å². The van der Waals surface area contributed by atoms with E-state index in [9.17, 15) is 0 Å². The fraction of sp³-hybridized carbons (Fsp3) is 0.333. The standard InChI is InChI=1S/C39H46N2/c1-6-29-41-35-23-16-15-22-33(35)38(3,4)36(41)24-12-9-7-8-11-19-30(2)39(27-17-10-18-28-39)34-26-25-31-20-13-14-21-32(31)37(34)40-5/h7-9,11-16,19-26,40H,2,6,10,17-18,27-29H2,1,3-5H3/p+1/b8-7+,12-9+,19-11+,36-24+. The van der Waals surface area contributed by atoms with E-state index in [1.54, 1.807) is 0 Å². The van der Waals surface area contributed by atoms with Crippen LogP contribution in [-0.4, -0.2) is 13.6 Å². The van der Waals surface area contributed by atoms with Crippen LogP contribution in [0.4, 0.5) is 11.4 Å². The van der Waals surface area contributed by atoms with Gasteiger partial charge >= 0.3 is 0 Å². The zero-order valence-electron chi connectivity index (χ0n) is 25.5. The molecule has 0 radical (unpaired) electrons. The summed E-state index contributed by atoms with van der Waals surface area (Å²) in [7, 11) is 2.18. The SMILES string of the molecule is C=C(/C=C/C=C/C=C/C=C1/N(CCC)c2ccccc2C1(C)C)C1(c2ccc3ccccc3c2[NH2+]C)CCCCC1. The van der Waals surface area contributed by atoms with Crippen molar-refractivity contribution in [3.05, 3.63) is 132 Å². The van der Waals surface area contributed by atoms with E-state index >= 15 is 0 Å². The van der Waals surface area contributed by atoms with Gasteiger partial charge in [-0.05, 0) is 54.0 Å². The molecule has 3 aromatic rings. The molecule has 2 nitrogen and oxygen atoms in total. The van der Waals surface area contributed by atoms with Crippen LogP contribution in [0.1, 0.15) is 70.4 Å². The van der Waals surface area contributed by atoms with E-state index < -0.39 is 0 Å². The van der Waals surface area contributed by atoms with Crippen molar-refractivity contribution in [3.8, 4) is 0 Å². The van der Waals surface area contributed by atoms with E-state index in [0.29, 0.717) is 0 Å². The van der Waals surface area contributed by atoms with Crippen LogP contribution in [0, 0.1) is 0 Å². The Kier molecular flexibility index (Phi) is 8.80. The number of hydrogen-bond acceptors (Lipinski definition) is 1. The van der Waals surface area contributed by atoms with Crippen molar-refractivity contribution in [1.82, 2.24) is 0 Å². The molecule has 0 atom stereocenters. The number of nitrogens with zero attached hydrogens (tertiary/aromatic N) is 1. The molecule has 2 heteroatoms. The Bertz CT molecular complexity index is 1510. The van der Waals surface area contributed by atoms with Gasteiger partial charge < -0.3 is 10.2 Å². The highest BCUT2D eigenvalue weighted by Gasteiger charge is 2.40. The lowest BCUT2D eigenvalue weighted by Crippen LogP contribution is -2.73. The monoisotopic (exact) mass is 543 g/mol. The summed E-state index contributed by atoms with van der Waals surface area (Å²) in [6, 6.07) is 22.3. The summed E-state index contributed by atoms with van der Waals surface area (Å²) < 4.78 is 0. The third-order valence-corrected chi connectivity index (χ3v) is 9.34. The topological polar surface area (TPSA) is 19.9 Å². The second-order valence-corrected chi connectivity index (χ2v) is 12.2. The predicted octanol–water partition coefficient (Wildman–Crippen LogP) is 9.18. The van der Waals surface area contributed by atoms with Gasteiger partial charge in [0.2, 0.25) is 0 Å². The lowest BCUT2D eigenvalue weighted by atomic mass is 9.64. The average molecular weight is 544 g/mol. The first-order valence-corrected chi connectivity index (χ1v) is 15.5. The fourth-order valence-corrected chi connectivity index (χ4v) is 7.22. The maximum Gasteiger partial charge on any atom is 0.141 e. The van der Waals surface area contributed by atoms with Gasteiger partial charge in [0.1, 0.15) is 5.69 Å². The third kappa shape index (κ3) is 5.51. The minimum Gasteiger partial charge on any atom is -0.344 e. The highest BCUT2D eigenvalue weighted by atomic mass is 15.2. The van der Waals surface area contributed by atoms with Crippen LogP contribution in [0.5, 0.6) is 0 Å². The molecule has 5 rings (SSSR count). The lowest BCUT2D eigenvalue weighted by molar-refractivity contribution is -0.538. The first-order chi connectivity index (χ1) is 19.9. The number of hydrogen-bond donors (Lipinski definition) is 1. The highest BCUT2D eigenvalue weighted by Crippen LogP contribution is 2.49. The van der Waals surface area contributed by atoms with Gasteiger partial charge in [-0.2, -0.15) is 0 Å². The van der Waals surface area contributed by atoms with Crippen LogP contribution in [0.15, 0.2) is 121 Å². The largest absolute Gasteiger partial charge is 0.344 e. The van der Waals surface area contributed by atoms with Gasteiger partial charge in [0.25, 0.3) is 0 Å². The van der Waals surface area contributed by atoms with E-state index in [0.717, 1.165) is 13.0 Å². The first-order valence-electron chi connectivity index (χ1n) is 15.5. The zero-order chi connectivity index (χ0) is 28.9. The predicted molar refractivity (Wildman–Crippen MR) is 178 cm³/mol. The number of fused-ring (bicyclic) bond motifs is 2. The first kappa shape index (κ1) is 28.9. The molecule has 2 aliphatic rings. The molecule has 212 valence electrons. The fourth-order valence-electron chi connectivity index (χ4n) is 7.22. The van der Waals surface area contributed by atoms with Crippen LogP contribution in [0.25, 0.3) is 10.8 Å². The normalized spacial score (nSPS) is 19.2. The van der Waals surface area contributed by atoms with Crippen molar-refractivity contribution in [2.45, 2.75) is 70.1 Å². The molecule has 2 N–H and O–H groups in total. The van der Waals surface area contributed by atoms with Gasteiger partial charge in [-0.1, -0.05) is 132 Å². The molecule has 1 aliphatic heterocycles. The van der Waals surface area contributed by atoms with E-state index in [1.807, 2.05) is 0 Å². The number of rotatable bonds is 9. The molecule has 1 fully saturated rings. The average Bonchev–Trinajstić information content (AvgIpc) is 3.21.